The Labute approximate surface area is 107 Å². The molecule has 17 heavy (non-hydrogen) atoms. The topological polar surface area (TPSA) is 12.0 Å². The maximum absolute atomic E-state index is 14.1. The van der Waals surface area contributed by atoms with Gasteiger partial charge in [0.15, 0.2) is 0 Å². The second-order valence-electron chi connectivity index (χ2n) is 5.31. The van der Waals surface area contributed by atoms with Crippen LogP contribution in [0.4, 0.5) is 4.39 Å². The van der Waals surface area contributed by atoms with Gasteiger partial charge in [-0.1, -0.05) is 31.5 Å². The molecule has 94 valence electrons. The highest BCUT2D eigenvalue weighted by molar-refractivity contribution is 6.31. The van der Waals surface area contributed by atoms with Gasteiger partial charge in [0.2, 0.25) is 0 Å². The molecule has 0 aliphatic carbocycles. The number of rotatable bonds is 3. The first-order valence-corrected chi connectivity index (χ1v) is 6.62. The Kier molecular flexibility index (Phi) is 3.74. The van der Waals surface area contributed by atoms with E-state index in [4.69, 9.17) is 11.6 Å². The summed E-state index contributed by atoms with van der Waals surface area (Å²) in [6.45, 7) is 5.27. The molecule has 1 saturated heterocycles. The van der Waals surface area contributed by atoms with E-state index >= 15 is 0 Å². The Balaban J connectivity index is 2.45. The molecule has 1 unspecified atom stereocenters. The quantitative estimate of drug-likeness (QED) is 0.857. The number of benzene rings is 1. The summed E-state index contributed by atoms with van der Waals surface area (Å²) in [5.41, 5.74) is 0.393. The molecule has 1 aliphatic heterocycles. The van der Waals surface area contributed by atoms with Crippen LogP contribution in [0.3, 0.4) is 0 Å². The average molecular weight is 256 g/mol. The fourth-order valence-electron chi connectivity index (χ4n) is 2.95. The molecule has 1 heterocycles. The Bertz CT molecular complexity index is 377. The van der Waals surface area contributed by atoms with Gasteiger partial charge in [0.25, 0.3) is 0 Å². The van der Waals surface area contributed by atoms with E-state index in [2.05, 4.69) is 19.2 Å². The zero-order chi connectivity index (χ0) is 12.5. The maximum atomic E-state index is 14.1. The van der Waals surface area contributed by atoms with Crippen molar-refractivity contribution in [3.63, 3.8) is 0 Å². The van der Waals surface area contributed by atoms with Gasteiger partial charge in [0.05, 0.1) is 0 Å². The van der Waals surface area contributed by atoms with E-state index in [1.165, 1.54) is 6.07 Å². The van der Waals surface area contributed by atoms with Crippen LogP contribution in [-0.4, -0.2) is 6.54 Å². The van der Waals surface area contributed by atoms with Crippen LogP contribution in [0.5, 0.6) is 0 Å². The van der Waals surface area contributed by atoms with Gasteiger partial charge >= 0.3 is 0 Å². The molecule has 1 atom stereocenters. The lowest BCUT2D eigenvalue weighted by molar-refractivity contribution is 0.300. The Morgan fingerprint density at radius 1 is 1.47 bits per heavy atom. The van der Waals surface area contributed by atoms with E-state index in [1.807, 2.05) is 0 Å². The molecule has 2 rings (SSSR count). The molecule has 1 aromatic carbocycles. The molecule has 0 aromatic heterocycles. The smallest absolute Gasteiger partial charge is 0.129 e. The molecule has 0 bridgehead atoms. The minimum atomic E-state index is -0.267. The van der Waals surface area contributed by atoms with Crippen LogP contribution in [0, 0.1) is 11.7 Å². The maximum Gasteiger partial charge on any atom is 0.129 e. The molecule has 0 radical (unpaired) electrons. The third-order valence-electron chi connectivity index (χ3n) is 3.44. The van der Waals surface area contributed by atoms with Crippen LogP contribution in [0.15, 0.2) is 18.2 Å². The van der Waals surface area contributed by atoms with Crippen molar-refractivity contribution in [2.75, 3.05) is 6.54 Å². The summed E-state index contributed by atoms with van der Waals surface area (Å²) in [4.78, 5) is 0. The fraction of sp³-hybridized carbons (Fsp3) is 0.571. The highest BCUT2D eigenvalue weighted by Crippen LogP contribution is 2.41. The van der Waals surface area contributed by atoms with E-state index in [-0.39, 0.29) is 11.4 Å². The SMILES string of the molecule is CC(C)CC1(c2c(F)cccc2Cl)CCCN1. The average Bonchev–Trinajstić information content (AvgIpc) is 2.65. The molecule has 1 fully saturated rings. The van der Waals surface area contributed by atoms with E-state index in [1.54, 1.807) is 12.1 Å². The van der Waals surface area contributed by atoms with Gasteiger partial charge in [-0.25, -0.2) is 4.39 Å². The first kappa shape index (κ1) is 12.8. The highest BCUT2D eigenvalue weighted by atomic mass is 35.5. The van der Waals surface area contributed by atoms with Crippen LogP contribution in [0.2, 0.25) is 5.02 Å². The first-order valence-electron chi connectivity index (χ1n) is 6.25. The fourth-order valence-corrected chi connectivity index (χ4v) is 3.29. The molecule has 0 amide bonds. The summed E-state index contributed by atoms with van der Waals surface area (Å²) in [6.07, 6.45) is 2.97. The van der Waals surface area contributed by atoms with Gasteiger partial charge in [0, 0.05) is 16.1 Å². The van der Waals surface area contributed by atoms with E-state index in [0.29, 0.717) is 16.5 Å². The lowest BCUT2D eigenvalue weighted by Gasteiger charge is -2.33. The van der Waals surface area contributed by atoms with Gasteiger partial charge in [-0.15, -0.1) is 0 Å². The Morgan fingerprint density at radius 2 is 2.24 bits per heavy atom. The summed E-state index contributed by atoms with van der Waals surface area (Å²) >= 11 is 6.20. The zero-order valence-electron chi connectivity index (χ0n) is 10.4. The number of nitrogens with one attached hydrogen (secondary N) is 1. The summed E-state index contributed by atoms with van der Waals surface area (Å²) in [5, 5.41) is 4.02. The summed E-state index contributed by atoms with van der Waals surface area (Å²) in [5.74, 6) is 0.323. The van der Waals surface area contributed by atoms with Crippen molar-refractivity contribution in [2.45, 2.75) is 38.6 Å². The van der Waals surface area contributed by atoms with Crippen LogP contribution >= 0.6 is 11.6 Å². The molecular weight excluding hydrogens is 237 g/mol. The van der Waals surface area contributed by atoms with Crippen LogP contribution in [-0.2, 0) is 5.54 Å². The lowest BCUT2D eigenvalue weighted by atomic mass is 9.81. The van der Waals surface area contributed by atoms with Gasteiger partial charge in [-0.2, -0.15) is 0 Å². The van der Waals surface area contributed by atoms with E-state index in [9.17, 15) is 4.39 Å². The van der Waals surface area contributed by atoms with Crippen molar-refractivity contribution in [1.29, 1.82) is 0 Å². The monoisotopic (exact) mass is 255 g/mol. The summed E-state index contributed by atoms with van der Waals surface area (Å²) in [7, 11) is 0. The number of hydrogen-bond acceptors (Lipinski definition) is 1. The van der Waals surface area contributed by atoms with Crippen molar-refractivity contribution in [2.24, 2.45) is 5.92 Å². The molecule has 1 aromatic rings. The molecule has 3 heteroatoms. The van der Waals surface area contributed by atoms with Crippen molar-refractivity contribution in [3.05, 3.63) is 34.6 Å². The second kappa shape index (κ2) is 4.95. The normalized spacial score (nSPS) is 24.5. The van der Waals surface area contributed by atoms with Crippen molar-refractivity contribution in [1.82, 2.24) is 5.32 Å². The minimum Gasteiger partial charge on any atom is -0.307 e. The van der Waals surface area contributed by atoms with Crippen LogP contribution in [0.1, 0.15) is 38.7 Å². The summed E-state index contributed by atoms with van der Waals surface area (Å²) in [6, 6.07) is 4.95. The standard InChI is InChI=1S/C14H19ClFN/c1-10(2)9-14(7-4-8-17-14)13-11(15)5-3-6-12(13)16/h3,5-6,10,17H,4,7-9H2,1-2H3. The predicted octanol–water partition coefficient (Wildman–Crippen LogP) is 4.10. The molecule has 1 nitrogen and oxygen atoms in total. The minimum absolute atomic E-state index is 0.187. The van der Waals surface area contributed by atoms with Gasteiger partial charge in [-0.05, 0) is 43.9 Å². The molecular formula is C14H19ClFN. The molecule has 1 aliphatic rings. The van der Waals surface area contributed by atoms with E-state index in [0.717, 1.165) is 25.8 Å². The van der Waals surface area contributed by atoms with Crippen LogP contribution < -0.4 is 5.32 Å². The third-order valence-corrected chi connectivity index (χ3v) is 3.76. The van der Waals surface area contributed by atoms with Crippen molar-refractivity contribution in [3.8, 4) is 0 Å². The zero-order valence-corrected chi connectivity index (χ0v) is 11.1. The van der Waals surface area contributed by atoms with Crippen molar-refractivity contribution >= 4 is 11.6 Å². The van der Waals surface area contributed by atoms with Gasteiger partial charge < -0.3 is 5.32 Å². The Morgan fingerprint density at radius 3 is 2.76 bits per heavy atom. The number of halogens is 2. The third kappa shape index (κ3) is 2.48. The lowest BCUT2D eigenvalue weighted by Crippen LogP contribution is -2.39. The highest BCUT2D eigenvalue weighted by Gasteiger charge is 2.39. The van der Waals surface area contributed by atoms with Crippen molar-refractivity contribution < 1.29 is 4.39 Å². The van der Waals surface area contributed by atoms with Gasteiger partial charge in [0.1, 0.15) is 5.82 Å². The molecule has 0 spiro atoms. The Hall–Kier alpha value is -0.600. The molecule has 0 saturated carbocycles. The van der Waals surface area contributed by atoms with Gasteiger partial charge in [-0.3, -0.25) is 0 Å². The summed E-state index contributed by atoms with van der Waals surface area (Å²) < 4.78 is 14.1. The largest absolute Gasteiger partial charge is 0.307 e. The number of hydrogen-bond donors (Lipinski definition) is 1. The van der Waals surface area contributed by atoms with E-state index < -0.39 is 0 Å². The molecule has 1 N–H and O–H groups in total. The first-order chi connectivity index (χ1) is 8.05. The second-order valence-corrected chi connectivity index (χ2v) is 5.71. The predicted molar refractivity (Wildman–Crippen MR) is 69.8 cm³/mol. The van der Waals surface area contributed by atoms with Crippen LogP contribution in [0.25, 0.3) is 0 Å².